The van der Waals surface area contributed by atoms with Crippen molar-refractivity contribution < 1.29 is 0 Å². The van der Waals surface area contributed by atoms with E-state index in [2.05, 4.69) is 9.62 Å². The summed E-state index contributed by atoms with van der Waals surface area (Å²) in [4.78, 5) is 1.14. The predicted octanol–water partition coefficient (Wildman–Crippen LogP) is 3.44. The van der Waals surface area contributed by atoms with Crippen molar-refractivity contribution in [2.75, 3.05) is 13.1 Å². The number of hydrogen-bond acceptors (Lipinski definition) is 3. The summed E-state index contributed by atoms with van der Waals surface area (Å²) < 4.78 is 2.51. The van der Waals surface area contributed by atoms with Gasteiger partial charge in [0.15, 0.2) is 0 Å². The van der Waals surface area contributed by atoms with E-state index in [1.165, 1.54) is 12.8 Å². The number of halogens is 2. The van der Waals surface area contributed by atoms with Gasteiger partial charge in [-0.1, -0.05) is 23.2 Å². The van der Waals surface area contributed by atoms with Gasteiger partial charge in [0, 0.05) is 40.1 Å². The number of nitrogens with one attached hydrogen (secondary N) is 1. The number of fused-ring (bicyclic) bond motifs is 2. The predicted molar refractivity (Wildman–Crippen MR) is 73.8 cm³/mol. The maximum atomic E-state index is 6.03. The van der Waals surface area contributed by atoms with Gasteiger partial charge in [0.25, 0.3) is 0 Å². The van der Waals surface area contributed by atoms with Crippen LogP contribution >= 0.6 is 35.1 Å². The summed E-state index contributed by atoms with van der Waals surface area (Å²) in [6.07, 6.45) is 2.58. The zero-order valence-corrected chi connectivity index (χ0v) is 11.7. The Hall–Kier alpha value is 0.0700. The lowest BCUT2D eigenvalue weighted by Gasteiger charge is -2.33. The number of piperazine rings is 1. The van der Waals surface area contributed by atoms with Crippen LogP contribution in [0.15, 0.2) is 23.1 Å². The maximum absolute atomic E-state index is 6.03. The highest BCUT2D eigenvalue weighted by Gasteiger charge is 2.37. The highest BCUT2D eigenvalue weighted by molar-refractivity contribution is 7.97. The maximum Gasteiger partial charge on any atom is 0.0432 e. The Morgan fingerprint density at radius 2 is 1.65 bits per heavy atom. The Morgan fingerprint density at radius 1 is 1.06 bits per heavy atom. The van der Waals surface area contributed by atoms with Crippen molar-refractivity contribution in [3.05, 3.63) is 28.2 Å². The fourth-order valence-corrected chi connectivity index (χ4v) is 4.51. The highest BCUT2D eigenvalue weighted by atomic mass is 35.5. The van der Waals surface area contributed by atoms with E-state index in [1.54, 1.807) is 18.0 Å². The summed E-state index contributed by atoms with van der Waals surface area (Å²) in [6, 6.07) is 7.05. The molecule has 2 bridgehead atoms. The minimum atomic E-state index is 0.650. The molecule has 2 nitrogen and oxygen atoms in total. The van der Waals surface area contributed by atoms with Crippen LogP contribution in [0.1, 0.15) is 12.8 Å². The summed E-state index contributed by atoms with van der Waals surface area (Å²) in [5, 5.41) is 4.90. The summed E-state index contributed by atoms with van der Waals surface area (Å²) >= 11 is 13.9. The van der Waals surface area contributed by atoms with E-state index < -0.39 is 0 Å². The molecule has 0 spiro atoms. The van der Waals surface area contributed by atoms with Crippen LogP contribution in [0.25, 0.3) is 0 Å². The van der Waals surface area contributed by atoms with Gasteiger partial charge in [0.05, 0.1) is 0 Å². The molecule has 0 saturated carbocycles. The average Bonchev–Trinajstić information content (AvgIpc) is 2.49. The lowest BCUT2D eigenvalue weighted by atomic mass is 10.2. The molecule has 2 atom stereocenters. The van der Waals surface area contributed by atoms with Crippen molar-refractivity contribution in [2.24, 2.45) is 0 Å². The Kier molecular flexibility index (Phi) is 3.55. The summed E-state index contributed by atoms with van der Waals surface area (Å²) in [5.41, 5.74) is 0. The van der Waals surface area contributed by atoms with Gasteiger partial charge < -0.3 is 5.32 Å². The minimum Gasteiger partial charge on any atom is -0.314 e. The van der Waals surface area contributed by atoms with E-state index in [0.29, 0.717) is 22.1 Å². The molecule has 3 rings (SSSR count). The van der Waals surface area contributed by atoms with Gasteiger partial charge in [0.1, 0.15) is 0 Å². The molecular formula is C12H14Cl2N2S. The van der Waals surface area contributed by atoms with Gasteiger partial charge in [-0.3, -0.25) is 0 Å². The molecule has 2 aliphatic rings. The first-order chi connectivity index (χ1) is 8.22. The van der Waals surface area contributed by atoms with E-state index in [4.69, 9.17) is 23.2 Å². The second-order valence-corrected chi connectivity index (χ2v) is 6.55. The quantitative estimate of drug-likeness (QED) is 0.840. The Morgan fingerprint density at radius 3 is 2.24 bits per heavy atom. The molecule has 17 heavy (non-hydrogen) atoms. The van der Waals surface area contributed by atoms with E-state index in [9.17, 15) is 0 Å². The zero-order valence-electron chi connectivity index (χ0n) is 9.33. The topological polar surface area (TPSA) is 15.3 Å². The lowest BCUT2D eigenvalue weighted by molar-refractivity contribution is 0.287. The Balaban J connectivity index is 1.78. The molecule has 1 aromatic rings. The van der Waals surface area contributed by atoms with Gasteiger partial charge in [-0.25, -0.2) is 4.31 Å². The van der Waals surface area contributed by atoms with Crippen molar-refractivity contribution in [3.63, 3.8) is 0 Å². The van der Waals surface area contributed by atoms with E-state index in [0.717, 1.165) is 18.0 Å². The fraction of sp³-hybridized carbons (Fsp3) is 0.500. The first kappa shape index (κ1) is 12.1. The molecule has 2 heterocycles. The van der Waals surface area contributed by atoms with Crippen molar-refractivity contribution in [1.29, 1.82) is 0 Å². The third kappa shape index (κ3) is 2.59. The molecular weight excluding hydrogens is 275 g/mol. The number of benzene rings is 1. The van der Waals surface area contributed by atoms with E-state index in [1.807, 2.05) is 12.1 Å². The minimum absolute atomic E-state index is 0.650. The van der Waals surface area contributed by atoms with Crippen molar-refractivity contribution >= 4 is 35.1 Å². The molecule has 2 aliphatic heterocycles. The smallest absolute Gasteiger partial charge is 0.0432 e. The molecule has 0 aromatic heterocycles. The molecule has 1 N–H and O–H groups in total. The molecule has 0 amide bonds. The molecule has 92 valence electrons. The van der Waals surface area contributed by atoms with Crippen LogP contribution in [-0.2, 0) is 0 Å². The average molecular weight is 289 g/mol. The number of hydrogen-bond donors (Lipinski definition) is 1. The molecule has 2 unspecified atom stereocenters. The molecule has 1 aromatic carbocycles. The first-order valence-corrected chi connectivity index (χ1v) is 7.38. The second-order valence-electron chi connectivity index (χ2n) is 4.60. The third-order valence-corrected chi connectivity index (χ3v) is 5.05. The van der Waals surface area contributed by atoms with Crippen molar-refractivity contribution in [2.45, 2.75) is 29.8 Å². The van der Waals surface area contributed by atoms with Gasteiger partial charge in [0.2, 0.25) is 0 Å². The number of nitrogens with zero attached hydrogens (tertiary/aromatic N) is 1. The molecule has 5 heteroatoms. The molecule has 0 radical (unpaired) electrons. The van der Waals surface area contributed by atoms with Crippen molar-refractivity contribution in [3.8, 4) is 0 Å². The monoisotopic (exact) mass is 288 g/mol. The van der Waals surface area contributed by atoms with E-state index >= 15 is 0 Å². The van der Waals surface area contributed by atoms with Crippen LogP contribution in [0.5, 0.6) is 0 Å². The van der Waals surface area contributed by atoms with E-state index in [-0.39, 0.29) is 0 Å². The summed E-state index contributed by atoms with van der Waals surface area (Å²) in [5.74, 6) is 0. The molecule has 2 fully saturated rings. The second kappa shape index (κ2) is 4.98. The van der Waals surface area contributed by atoms with Gasteiger partial charge in [-0.2, -0.15) is 0 Å². The summed E-state index contributed by atoms with van der Waals surface area (Å²) in [7, 11) is 0. The van der Waals surface area contributed by atoms with Gasteiger partial charge in [-0.15, -0.1) is 0 Å². The van der Waals surface area contributed by atoms with Crippen LogP contribution in [0.3, 0.4) is 0 Å². The molecule has 0 aliphatic carbocycles. The lowest BCUT2D eigenvalue weighted by Crippen LogP contribution is -2.48. The van der Waals surface area contributed by atoms with Crippen LogP contribution in [-0.4, -0.2) is 29.5 Å². The van der Waals surface area contributed by atoms with Gasteiger partial charge in [-0.05, 0) is 43.0 Å². The largest absolute Gasteiger partial charge is 0.314 e. The van der Waals surface area contributed by atoms with Crippen LogP contribution < -0.4 is 5.32 Å². The van der Waals surface area contributed by atoms with Gasteiger partial charge >= 0.3 is 0 Å². The van der Waals surface area contributed by atoms with Crippen molar-refractivity contribution in [1.82, 2.24) is 9.62 Å². The SMILES string of the molecule is Clc1cc(Cl)cc(SN2C3CCC2CNC3)c1. The van der Waals surface area contributed by atoms with Crippen LogP contribution in [0.2, 0.25) is 10.0 Å². The zero-order chi connectivity index (χ0) is 11.8. The Bertz CT molecular complexity index is 391. The first-order valence-electron chi connectivity index (χ1n) is 5.85. The Labute approximate surface area is 116 Å². The fourth-order valence-electron chi connectivity index (χ4n) is 2.59. The summed E-state index contributed by atoms with van der Waals surface area (Å²) in [6.45, 7) is 2.19. The van der Waals surface area contributed by atoms with Crippen LogP contribution in [0, 0.1) is 0 Å². The van der Waals surface area contributed by atoms with Crippen LogP contribution in [0.4, 0.5) is 0 Å². The normalized spacial score (nSPS) is 28.6. The highest BCUT2D eigenvalue weighted by Crippen LogP contribution is 2.38. The molecule has 2 saturated heterocycles. The third-order valence-electron chi connectivity index (χ3n) is 3.36. The number of rotatable bonds is 2. The standard InChI is InChI=1S/C12H14Cl2N2S/c13-8-3-9(14)5-12(4-8)17-16-10-1-2-11(16)7-15-6-10/h3-5,10-11,15H,1-2,6-7H2.